The molecular formula is C21H19FN4O3S. The molecule has 0 saturated heterocycles. The van der Waals surface area contributed by atoms with Gasteiger partial charge < -0.3 is 11.1 Å². The van der Waals surface area contributed by atoms with Crippen LogP contribution in [0.4, 0.5) is 4.39 Å². The van der Waals surface area contributed by atoms with E-state index in [2.05, 4.69) is 5.32 Å². The first-order chi connectivity index (χ1) is 14.2. The summed E-state index contributed by atoms with van der Waals surface area (Å²) in [5.41, 5.74) is 7.92. The minimum Gasteiger partial charge on any atom is -0.384 e. The van der Waals surface area contributed by atoms with Gasteiger partial charge in [-0.3, -0.25) is 10.2 Å². The Bertz CT molecular complexity index is 1230. The molecule has 0 spiro atoms. The minimum absolute atomic E-state index is 0.0415. The summed E-state index contributed by atoms with van der Waals surface area (Å²) in [6.45, 7) is 0.240. The molecule has 0 heterocycles. The third kappa shape index (κ3) is 4.70. The number of amidine groups is 1. The third-order valence-electron chi connectivity index (χ3n) is 4.44. The standard InChI is InChI=1S/C21H19FN4O3S/c22-18-11-15(9-10-19(18)30(25,28)29)16-3-1-2-4-17(16)21(27)26-12-13-5-7-14(8-6-13)20(23)24/h1-11H,12H2,(H3,23,24)(H,26,27)(H2,25,28,29). The zero-order valence-electron chi connectivity index (χ0n) is 15.7. The number of primary sulfonamides is 1. The minimum atomic E-state index is -4.18. The van der Waals surface area contributed by atoms with Gasteiger partial charge in [-0.1, -0.05) is 48.5 Å². The van der Waals surface area contributed by atoms with Crippen molar-refractivity contribution in [3.63, 3.8) is 0 Å². The van der Waals surface area contributed by atoms with Crippen LogP contribution >= 0.6 is 0 Å². The van der Waals surface area contributed by atoms with E-state index in [1.165, 1.54) is 6.07 Å². The van der Waals surface area contributed by atoms with Crippen molar-refractivity contribution in [1.29, 1.82) is 5.41 Å². The van der Waals surface area contributed by atoms with Gasteiger partial charge in [-0.25, -0.2) is 17.9 Å². The number of hydrogen-bond acceptors (Lipinski definition) is 4. The number of benzene rings is 3. The van der Waals surface area contributed by atoms with Crippen LogP contribution < -0.4 is 16.2 Å². The maximum atomic E-state index is 14.2. The Morgan fingerprint density at radius 1 is 1.03 bits per heavy atom. The Morgan fingerprint density at radius 2 is 1.70 bits per heavy atom. The maximum absolute atomic E-state index is 14.2. The first-order valence-electron chi connectivity index (χ1n) is 8.80. The predicted molar refractivity (Wildman–Crippen MR) is 112 cm³/mol. The van der Waals surface area contributed by atoms with E-state index < -0.39 is 20.7 Å². The maximum Gasteiger partial charge on any atom is 0.252 e. The van der Waals surface area contributed by atoms with Crippen molar-refractivity contribution in [1.82, 2.24) is 5.32 Å². The number of nitrogens with two attached hydrogens (primary N) is 2. The van der Waals surface area contributed by atoms with Crippen LogP contribution in [0.5, 0.6) is 0 Å². The van der Waals surface area contributed by atoms with Crippen molar-refractivity contribution in [2.75, 3.05) is 0 Å². The number of hydrogen-bond donors (Lipinski definition) is 4. The molecule has 1 amide bonds. The summed E-state index contributed by atoms with van der Waals surface area (Å²) in [7, 11) is -4.18. The van der Waals surface area contributed by atoms with Gasteiger partial charge in [0.1, 0.15) is 16.5 Å². The number of sulfonamides is 1. The lowest BCUT2D eigenvalue weighted by Gasteiger charge is -2.12. The largest absolute Gasteiger partial charge is 0.384 e. The van der Waals surface area contributed by atoms with Crippen LogP contribution in [0.15, 0.2) is 71.6 Å². The van der Waals surface area contributed by atoms with Gasteiger partial charge in [-0.15, -0.1) is 0 Å². The van der Waals surface area contributed by atoms with Crippen LogP contribution in [0.3, 0.4) is 0 Å². The second-order valence-corrected chi connectivity index (χ2v) is 8.06. The lowest BCUT2D eigenvalue weighted by atomic mass is 9.99. The summed E-state index contributed by atoms with van der Waals surface area (Å²) in [5, 5.41) is 15.2. The molecule has 0 aliphatic carbocycles. The molecule has 7 nitrogen and oxygen atoms in total. The highest BCUT2D eigenvalue weighted by atomic mass is 32.2. The molecule has 0 saturated carbocycles. The van der Waals surface area contributed by atoms with E-state index in [9.17, 15) is 17.6 Å². The number of carbonyl (C=O) groups is 1. The lowest BCUT2D eigenvalue weighted by Crippen LogP contribution is -2.23. The Morgan fingerprint density at radius 3 is 2.30 bits per heavy atom. The first-order valence-corrected chi connectivity index (χ1v) is 10.3. The fourth-order valence-electron chi connectivity index (χ4n) is 2.91. The molecule has 9 heteroatoms. The molecule has 6 N–H and O–H groups in total. The number of halogens is 1. The number of nitrogen functional groups attached to an aromatic ring is 1. The summed E-state index contributed by atoms with van der Waals surface area (Å²) >= 11 is 0. The van der Waals surface area contributed by atoms with Crippen LogP contribution in [-0.2, 0) is 16.6 Å². The van der Waals surface area contributed by atoms with Crippen molar-refractivity contribution in [2.45, 2.75) is 11.4 Å². The highest BCUT2D eigenvalue weighted by Gasteiger charge is 2.17. The number of nitrogens with one attached hydrogen (secondary N) is 2. The number of rotatable bonds is 6. The molecular weight excluding hydrogens is 407 g/mol. The van der Waals surface area contributed by atoms with Crippen molar-refractivity contribution < 1.29 is 17.6 Å². The summed E-state index contributed by atoms with van der Waals surface area (Å²) in [5.74, 6) is -1.41. The molecule has 0 radical (unpaired) electrons. The fraction of sp³-hybridized carbons (Fsp3) is 0.0476. The molecule has 0 unspecified atom stereocenters. The summed E-state index contributed by atoms with van der Waals surface area (Å²) < 4.78 is 37.1. The molecule has 3 rings (SSSR count). The Hall–Kier alpha value is -3.56. The topological polar surface area (TPSA) is 139 Å². The van der Waals surface area contributed by atoms with Gasteiger partial charge in [0.05, 0.1) is 0 Å². The molecule has 0 aliphatic heterocycles. The van der Waals surface area contributed by atoms with Gasteiger partial charge in [0.25, 0.3) is 5.91 Å². The molecule has 0 aliphatic rings. The monoisotopic (exact) mass is 426 g/mol. The summed E-state index contributed by atoms with van der Waals surface area (Å²) in [6.07, 6.45) is 0. The average molecular weight is 426 g/mol. The van der Waals surface area contributed by atoms with E-state index >= 15 is 0 Å². The van der Waals surface area contributed by atoms with Crippen LogP contribution in [0, 0.1) is 11.2 Å². The summed E-state index contributed by atoms with van der Waals surface area (Å²) in [4.78, 5) is 12.1. The van der Waals surface area contributed by atoms with Crippen LogP contribution in [-0.4, -0.2) is 20.2 Å². The second kappa shape index (κ2) is 8.44. The first kappa shape index (κ1) is 21.2. The van der Waals surface area contributed by atoms with Crippen LogP contribution in [0.25, 0.3) is 11.1 Å². The quantitative estimate of drug-likeness (QED) is 0.355. The van der Waals surface area contributed by atoms with E-state index in [1.807, 2.05) is 0 Å². The molecule has 0 bridgehead atoms. The lowest BCUT2D eigenvalue weighted by molar-refractivity contribution is 0.0951. The van der Waals surface area contributed by atoms with Crippen molar-refractivity contribution in [2.24, 2.45) is 10.9 Å². The molecule has 3 aromatic rings. The molecule has 0 atom stereocenters. The van der Waals surface area contributed by atoms with Crippen LogP contribution in [0.1, 0.15) is 21.5 Å². The number of carbonyl (C=O) groups excluding carboxylic acids is 1. The molecule has 0 aromatic heterocycles. The smallest absolute Gasteiger partial charge is 0.252 e. The van der Waals surface area contributed by atoms with Gasteiger partial charge in [0.15, 0.2) is 0 Å². The Kier molecular flexibility index (Phi) is 5.95. The van der Waals surface area contributed by atoms with Gasteiger partial charge in [0, 0.05) is 17.7 Å². The van der Waals surface area contributed by atoms with Gasteiger partial charge in [0.2, 0.25) is 10.0 Å². The highest BCUT2D eigenvalue weighted by Crippen LogP contribution is 2.27. The van der Waals surface area contributed by atoms with Crippen molar-refractivity contribution in [3.8, 4) is 11.1 Å². The van der Waals surface area contributed by atoms with Crippen molar-refractivity contribution >= 4 is 21.8 Å². The molecule has 0 fully saturated rings. The predicted octanol–water partition coefficient (Wildman–Crippen LogP) is 2.35. The Labute approximate surface area is 173 Å². The van der Waals surface area contributed by atoms with E-state index in [4.69, 9.17) is 16.3 Å². The highest BCUT2D eigenvalue weighted by molar-refractivity contribution is 7.89. The second-order valence-electron chi connectivity index (χ2n) is 6.53. The van der Waals surface area contributed by atoms with E-state index in [1.54, 1.807) is 48.5 Å². The normalized spacial score (nSPS) is 11.1. The number of amides is 1. The van der Waals surface area contributed by atoms with E-state index in [-0.39, 0.29) is 18.3 Å². The SMILES string of the molecule is N=C(N)c1ccc(CNC(=O)c2ccccc2-c2ccc(S(N)(=O)=O)c(F)c2)cc1. The third-order valence-corrected chi connectivity index (χ3v) is 5.38. The van der Waals surface area contributed by atoms with Gasteiger partial charge in [-0.2, -0.15) is 0 Å². The van der Waals surface area contributed by atoms with E-state index in [0.717, 1.165) is 17.7 Å². The van der Waals surface area contributed by atoms with Crippen molar-refractivity contribution in [3.05, 3.63) is 89.2 Å². The zero-order valence-corrected chi connectivity index (χ0v) is 16.5. The molecule has 3 aromatic carbocycles. The summed E-state index contributed by atoms with van der Waals surface area (Å²) in [6, 6.07) is 17.0. The zero-order chi connectivity index (χ0) is 21.9. The van der Waals surface area contributed by atoms with Gasteiger partial charge in [-0.05, 0) is 34.9 Å². The average Bonchev–Trinajstić information content (AvgIpc) is 2.71. The Balaban J connectivity index is 1.83. The molecule has 154 valence electrons. The molecule has 30 heavy (non-hydrogen) atoms. The van der Waals surface area contributed by atoms with Crippen LogP contribution in [0.2, 0.25) is 0 Å². The van der Waals surface area contributed by atoms with Gasteiger partial charge >= 0.3 is 0 Å². The van der Waals surface area contributed by atoms with E-state index in [0.29, 0.717) is 22.3 Å². The fourth-order valence-corrected chi connectivity index (χ4v) is 3.50.